The van der Waals surface area contributed by atoms with Crippen molar-refractivity contribution in [2.45, 2.75) is 0 Å². The van der Waals surface area contributed by atoms with E-state index in [0.717, 1.165) is 32.8 Å². The summed E-state index contributed by atoms with van der Waals surface area (Å²) >= 11 is 0. The van der Waals surface area contributed by atoms with E-state index in [-0.39, 0.29) is 5.84 Å². The average Bonchev–Trinajstić information content (AvgIpc) is 2.40. The number of amidine groups is 1. The molecule has 0 atom stereocenters. The number of nitrogens with zero attached hydrogens (tertiary/aromatic N) is 2. The molecule has 6 heteroatoms. The molecule has 0 saturated carbocycles. The number of nitrogen functional groups attached to an aromatic ring is 1. The van der Waals surface area contributed by atoms with Gasteiger partial charge in [-0.05, 0) is 12.1 Å². The standard InChI is InChI=1S/C12H18N4O2/c13-11(14)10-2-1-3-15-12(10)18-9-6-16-4-7-17-8-5-16/h1-3H,4-9H2,(H3,13,14). The first kappa shape index (κ1) is 12.8. The molecule has 0 radical (unpaired) electrons. The molecule has 0 unspecified atom stereocenters. The van der Waals surface area contributed by atoms with Gasteiger partial charge in [0.05, 0.1) is 18.8 Å². The molecule has 2 heterocycles. The number of ether oxygens (including phenoxy) is 2. The SMILES string of the molecule is N=C(N)c1cccnc1OCCN1CCOCC1. The fourth-order valence-electron chi connectivity index (χ4n) is 1.81. The number of pyridine rings is 1. The number of aromatic nitrogens is 1. The zero-order chi connectivity index (χ0) is 12.8. The third-order valence-electron chi connectivity index (χ3n) is 2.81. The van der Waals surface area contributed by atoms with Gasteiger partial charge in [0.2, 0.25) is 5.88 Å². The summed E-state index contributed by atoms with van der Waals surface area (Å²) in [5.41, 5.74) is 6.01. The Labute approximate surface area is 106 Å². The normalized spacial score (nSPS) is 16.4. The van der Waals surface area contributed by atoms with Crippen molar-refractivity contribution in [2.75, 3.05) is 39.5 Å². The molecular weight excluding hydrogens is 232 g/mol. The van der Waals surface area contributed by atoms with Crippen molar-refractivity contribution in [2.24, 2.45) is 5.73 Å². The van der Waals surface area contributed by atoms with Crippen molar-refractivity contribution < 1.29 is 9.47 Å². The highest BCUT2D eigenvalue weighted by Gasteiger charge is 2.11. The third-order valence-corrected chi connectivity index (χ3v) is 2.81. The van der Waals surface area contributed by atoms with Crippen LogP contribution in [-0.2, 0) is 4.74 Å². The maximum absolute atomic E-state index is 7.44. The Balaban J connectivity index is 1.84. The lowest BCUT2D eigenvalue weighted by Gasteiger charge is -2.26. The van der Waals surface area contributed by atoms with Gasteiger partial charge in [-0.1, -0.05) is 0 Å². The second-order valence-corrected chi connectivity index (χ2v) is 4.07. The number of nitrogens with two attached hydrogens (primary N) is 1. The molecule has 0 bridgehead atoms. The predicted octanol–water partition coefficient (Wildman–Crippen LogP) is 0.0767. The van der Waals surface area contributed by atoms with E-state index in [4.69, 9.17) is 20.6 Å². The second kappa shape index (κ2) is 6.32. The Kier molecular flexibility index (Phi) is 4.49. The van der Waals surface area contributed by atoms with E-state index < -0.39 is 0 Å². The van der Waals surface area contributed by atoms with E-state index in [9.17, 15) is 0 Å². The lowest BCUT2D eigenvalue weighted by molar-refractivity contribution is 0.0320. The number of morpholine rings is 1. The van der Waals surface area contributed by atoms with Crippen molar-refractivity contribution in [3.63, 3.8) is 0 Å². The van der Waals surface area contributed by atoms with Crippen molar-refractivity contribution in [3.05, 3.63) is 23.9 Å². The Morgan fingerprint density at radius 2 is 2.28 bits per heavy atom. The molecule has 0 amide bonds. The first-order valence-corrected chi connectivity index (χ1v) is 5.99. The number of rotatable bonds is 5. The van der Waals surface area contributed by atoms with Crippen LogP contribution in [0.2, 0.25) is 0 Å². The van der Waals surface area contributed by atoms with Gasteiger partial charge in [0.15, 0.2) is 0 Å². The van der Waals surface area contributed by atoms with Crippen molar-refractivity contribution >= 4 is 5.84 Å². The van der Waals surface area contributed by atoms with E-state index in [1.807, 2.05) is 0 Å². The first-order chi connectivity index (χ1) is 8.77. The van der Waals surface area contributed by atoms with Crippen LogP contribution in [0, 0.1) is 5.41 Å². The highest BCUT2D eigenvalue weighted by Crippen LogP contribution is 2.13. The fraction of sp³-hybridized carbons (Fsp3) is 0.500. The zero-order valence-electron chi connectivity index (χ0n) is 10.3. The van der Waals surface area contributed by atoms with Crippen LogP contribution < -0.4 is 10.5 Å². The molecule has 98 valence electrons. The van der Waals surface area contributed by atoms with Crippen LogP contribution in [0.15, 0.2) is 18.3 Å². The molecule has 1 fully saturated rings. The lowest BCUT2D eigenvalue weighted by atomic mass is 10.2. The van der Waals surface area contributed by atoms with Crippen molar-refractivity contribution in [3.8, 4) is 5.88 Å². The molecule has 1 saturated heterocycles. The summed E-state index contributed by atoms with van der Waals surface area (Å²) in [4.78, 5) is 6.37. The summed E-state index contributed by atoms with van der Waals surface area (Å²) in [5, 5.41) is 7.44. The topological polar surface area (TPSA) is 84.5 Å². The van der Waals surface area contributed by atoms with Crippen molar-refractivity contribution in [1.29, 1.82) is 5.41 Å². The predicted molar refractivity (Wildman–Crippen MR) is 68.0 cm³/mol. The van der Waals surface area contributed by atoms with Crippen LogP contribution in [0.5, 0.6) is 5.88 Å². The maximum Gasteiger partial charge on any atom is 0.224 e. The average molecular weight is 250 g/mol. The Morgan fingerprint density at radius 1 is 1.50 bits per heavy atom. The molecule has 1 aromatic rings. The lowest BCUT2D eigenvalue weighted by Crippen LogP contribution is -2.38. The van der Waals surface area contributed by atoms with Crippen LogP contribution >= 0.6 is 0 Å². The molecule has 18 heavy (non-hydrogen) atoms. The highest BCUT2D eigenvalue weighted by atomic mass is 16.5. The molecule has 2 rings (SSSR count). The second-order valence-electron chi connectivity index (χ2n) is 4.07. The van der Waals surface area contributed by atoms with Gasteiger partial charge in [-0.25, -0.2) is 4.98 Å². The van der Waals surface area contributed by atoms with E-state index >= 15 is 0 Å². The molecule has 0 aromatic carbocycles. The monoisotopic (exact) mass is 250 g/mol. The van der Waals surface area contributed by atoms with E-state index in [2.05, 4.69) is 9.88 Å². The summed E-state index contributed by atoms with van der Waals surface area (Å²) in [6, 6.07) is 3.48. The van der Waals surface area contributed by atoms with Crippen LogP contribution in [-0.4, -0.2) is 55.2 Å². The summed E-state index contributed by atoms with van der Waals surface area (Å²) in [6.07, 6.45) is 1.64. The van der Waals surface area contributed by atoms with E-state index in [1.165, 1.54) is 0 Å². The smallest absolute Gasteiger partial charge is 0.224 e. The molecule has 1 aliphatic heterocycles. The summed E-state index contributed by atoms with van der Waals surface area (Å²) in [5.74, 6) is 0.405. The molecule has 1 aromatic heterocycles. The third kappa shape index (κ3) is 3.41. The van der Waals surface area contributed by atoms with Gasteiger partial charge in [0.25, 0.3) is 0 Å². The minimum Gasteiger partial charge on any atom is -0.476 e. The van der Waals surface area contributed by atoms with Gasteiger partial charge in [0.1, 0.15) is 12.4 Å². The summed E-state index contributed by atoms with van der Waals surface area (Å²) < 4.78 is 10.9. The number of hydrogen-bond acceptors (Lipinski definition) is 5. The van der Waals surface area contributed by atoms with Gasteiger partial charge in [-0.3, -0.25) is 10.3 Å². The van der Waals surface area contributed by atoms with Gasteiger partial charge in [-0.2, -0.15) is 0 Å². The van der Waals surface area contributed by atoms with Crippen molar-refractivity contribution in [1.82, 2.24) is 9.88 Å². The molecular formula is C12H18N4O2. The fourth-order valence-corrected chi connectivity index (χ4v) is 1.81. The zero-order valence-corrected chi connectivity index (χ0v) is 10.3. The van der Waals surface area contributed by atoms with Crippen LogP contribution in [0.1, 0.15) is 5.56 Å². The van der Waals surface area contributed by atoms with Crippen LogP contribution in [0.3, 0.4) is 0 Å². The quantitative estimate of drug-likeness (QED) is 0.571. The summed E-state index contributed by atoms with van der Waals surface area (Å²) in [6.45, 7) is 4.80. The molecule has 0 spiro atoms. The minimum atomic E-state index is -0.0236. The van der Waals surface area contributed by atoms with Gasteiger partial charge >= 0.3 is 0 Å². The van der Waals surface area contributed by atoms with E-state index in [0.29, 0.717) is 18.1 Å². The Bertz CT molecular complexity index is 405. The van der Waals surface area contributed by atoms with Gasteiger partial charge < -0.3 is 15.2 Å². The molecule has 0 aliphatic carbocycles. The van der Waals surface area contributed by atoms with Gasteiger partial charge in [0, 0.05) is 25.8 Å². The Morgan fingerprint density at radius 3 is 3.00 bits per heavy atom. The largest absolute Gasteiger partial charge is 0.476 e. The molecule has 1 aliphatic rings. The maximum atomic E-state index is 7.44. The summed E-state index contributed by atoms with van der Waals surface area (Å²) in [7, 11) is 0. The number of hydrogen-bond donors (Lipinski definition) is 2. The van der Waals surface area contributed by atoms with Crippen LogP contribution in [0.25, 0.3) is 0 Å². The minimum absolute atomic E-state index is 0.0236. The van der Waals surface area contributed by atoms with Crippen LogP contribution in [0.4, 0.5) is 0 Å². The van der Waals surface area contributed by atoms with E-state index in [1.54, 1.807) is 18.3 Å². The molecule has 6 nitrogen and oxygen atoms in total. The number of nitrogens with one attached hydrogen (secondary N) is 1. The first-order valence-electron chi connectivity index (χ1n) is 5.99. The highest BCUT2D eigenvalue weighted by molar-refractivity contribution is 5.96. The van der Waals surface area contributed by atoms with Gasteiger partial charge in [-0.15, -0.1) is 0 Å². The Hall–Kier alpha value is -1.66. The molecule has 3 N–H and O–H groups in total.